The maximum atomic E-state index is 12.6. The van der Waals surface area contributed by atoms with Gasteiger partial charge in [-0.3, -0.25) is 4.79 Å². The highest BCUT2D eigenvalue weighted by Crippen LogP contribution is 2.25. The zero-order valence-corrected chi connectivity index (χ0v) is 14.8. The summed E-state index contributed by atoms with van der Waals surface area (Å²) in [6.07, 6.45) is 2.27. The molecule has 2 N–H and O–H groups in total. The fourth-order valence-corrected chi connectivity index (χ4v) is 3.84. The number of carbonyl (C=O) groups is 1. The number of ether oxygens (including phenoxy) is 2. The predicted molar refractivity (Wildman–Crippen MR) is 89.5 cm³/mol. The Morgan fingerprint density at radius 3 is 2.83 bits per heavy atom. The lowest BCUT2D eigenvalue weighted by Crippen LogP contribution is -2.32. The first-order chi connectivity index (χ1) is 11.4. The molecule has 8 heteroatoms. The number of nitrogens with one attached hydrogen (secondary N) is 2. The first-order valence-electron chi connectivity index (χ1n) is 7.95. The van der Waals surface area contributed by atoms with Gasteiger partial charge in [-0.1, -0.05) is 6.07 Å². The van der Waals surface area contributed by atoms with Crippen LogP contribution in [0.2, 0.25) is 0 Å². The van der Waals surface area contributed by atoms with Gasteiger partial charge < -0.3 is 14.8 Å². The van der Waals surface area contributed by atoms with E-state index in [0.717, 1.165) is 18.4 Å². The number of benzene rings is 1. The van der Waals surface area contributed by atoms with Gasteiger partial charge in [-0.2, -0.15) is 0 Å². The third-order valence-electron chi connectivity index (χ3n) is 3.83. The maximum Gasteiger partial charge on any atom is 0.244 e. The minimum Gasteiger partial charge on any atom is -0.495 e. The average molecular weight is 356 g/mol. The maximum absolute atomic E-state index is 12.6. The number of methoxy groups -OCH3 is 1. The van der Waals surface area contributed by atoms with Gasteiger partial charge in [0.25, 0.3) is 0 Å². The molecule has 1 fully saturated rings. The van der Waals surface area contributed by atoms with Crippen LogP contribution in [-0.4, -0.2) is 47.2 Å². The molecule has 134 valence electrons. The van der Waals surface area contributed by atoms with Crippen LogP contribution in [0.25, 0.3) is 0 Å². The molecule has 1 aliphatic rings. The smallest absolute Gasteiger partial charge is 0.244 e. The van der Waals surface area contributed by atoms with Gasteiger partial charge in [0.1, 0.15) is 10.6 Å². The molecule has 0 aromatic heterocycles. The van der Waals surface area contributed by atoms with Gasteiger partial charge in [0.15, 0.2) is 0 Å². The molecule has 1 aromatic rings. The van der Waals surface area contributed by atoms with Crippen molar-refractivity contribution in [1.82, 2.24) is 10.0 Å². The second-order valence-corrected chi connectivity index (χ2v) is 7.44. The molecule has 2 rings (SSSR count). The van der Waals surface area contributed by atoms with Crippen LogP contribution in [0.1, 0.15) is 25.3 Å². The number of hydrogen-bond donors (Lipinski definition) is 2. The van der Waals surface area contributed by atoms with Gasteiger partial charge in [0.05, 0.1) is 13.2 Å². The molecule has 0 bridgehead atoms. The summed E-state index contributed by atoms with van der Waals surface area (Å²) in [5.74, 6) is 0.174. The summed E-state index contributed by atoms with van der Waals surface area (Å²) in [5.41, 5.74) is 0.807. The SMILES string of the molecule is COc1ccc(CCNC(C)=O)cc1S(=O)(=O)NC[C@H]1CCCO1. The molecular weight excluding hydrogens is 332 g/mol. The van der Waals surface area contributed by atoms with E-state index in [1.807, 2.05) is 0 Å². The molecule has 0 radical (unpaired) electrons. The lowest BCUT2D eigenvalue weighted by Gasteiger charge is -2.14. The Morgan fingerprint density at radius 1 is 1.42 bits per heavy atom. The molecular formula is C16H24N2O5S. The van der Waals surface area contributed by atoms with E-state index in [0.29, 0.717) is 19.6 Å². The van der Waals surface area contributed by atoms with Crippen LogP contribution in [0.15, 0.2) is 23.1 Å². The average Bonchev–Trinajstić information content (AvgIpc) is 3.06. The molecule has 0 aliphatic carbocycles. The summed E-state index contributed by atoms with van der Waals surface area (Å²) in [6, 6.07) is 5.00. The molecule has 1 heterocycles. The quantitative estimate of drug-likeness (QED) is 0.720. The summed E-state index contributed by atoms with van der Waals surface area (Å²) in [7, 11) is -2.26. The van der Waals surface area contributed by atoms with Crippen molar-refractivity contribution in [3.05, 3.63) is 23.8 Å². The highest BCUT2D eigenvalue weighted by Gasteiger charge is 2.23. The summed E-state index contributed by atoms with van der Waals surface area (Å²) < 4.78 is 38.4. The first-order valence-corrected chi connectivity index (χ1v) is 9.43. The molecule has 24 heavy (non-hydrogen) atoms. The predicted octanol–water partition coefficient (Wildman–Crippen LogP) is 0.831. The van der Waals surface area contributed by atoms with Crippen LogP contribution in [0, 0.1) is 0 Å². The zero-order chi connectivity index (χ0) is 17.6. The molecule has 1 atom stereocenters. The topological polar surface area (TPSA) is 93.7 Å². The van der Waals surface area contributed by atoms with Crippen LogP contribution in [0.5, 0.6) is 5.75 Å². The normalized spacial score (nSPS) is 17.7. The van der Waals surface area contributed by atoms with Crippen molar-refractivity contribution >= 4 is 15.9 Å². The van der Waals surface area contributed by atoms with Crippen molar-refractivity contribution in [2.45, 2.75) is 37.2 Å². The van der Waals surface area contributed by atoms with Crippen molar-refractivity contribution in [3.8, 4) is 5.75 Å². The van der Waals surface area contributed by atoms with E-state index < -0.39 is 10.0 Å². The van der Waals surface area contributed by atoms with Crippen LogP contribution in [0.4, 0.5) is 0 Å². The highest BCUT2D eigenvalue weighted by atomic mass is 32.2. The fourth-order valence-electron chi connectivity index (χ4n) is 2.56. The number of sulfonamides is 1. The van der Waals surface area contributed by atoms with E-state index >= 15 is 0 Å². The third kappa shape index (κ3) is 5.19. The number of hydrogen-bond acceptors (Lipinski definition) is 5. The van der Waals surface area contributed by atoms with E-state index in [2.05, 4.69) is 10.0 Å². The minimum absolute atomic E-state index is 0.0753. The second kappa shape index (κ2) is 8.46. The highest BCUT2D eigenvalue weighted by molar-refractivity contribution is 7.89. The largest absolute Gasteiger partial charge is 0.495 e. The molecule has 7 nitrogen and oxygen atoms in total. The Labute approximate surface area is 142 Å². The van der Waals surface area contributed by atoms with E-state index in [1.165, 1.54) is 14.0 Å². The summed E-state index contributed by atoms with van der Waals surface area (Å²) in [6.45, 7) is 2.82. The molecule has 0 unspecified atom stereocenters. The van der Waals surface area contributed by atoms with Crippen molar-refractivity contribution in [3.63, 3.8) is 0 Å². The number of carbonyl (C=O) groups excluding carboxylic acids is 1. The van der Waals surface area contributed by atoms with Crippen molar-refractivity contribution in [1.29, 1.82) is 0 Å². The van der Waals surface area contributed by atoms with Crippen molar-refractivity contribution < 1.29 is 22.7 Å². The van der Waals surface area contributed by atoms with Crippen molar-refractivity contribution in [2.24, 2.45) is 0 Å². The van der Waals surface area contributed by atoms with Gasteiger partial charge in [-0.15, -0.1) is 0 Å². The molecule has 1 aromatic carbocycles. The Hall–Kier alpha value is -1.64. The standard InChI is InChI=1S/C16H24N2O5S/c1-12(19)17-8-7-13-5-6-15(22-2)16(10-13)24(20,21)18-11-14-4-3-9-23-14/h5-6,10,14,18H,3-4,7-9,11H2,1-2H3,(H,17,19)/t14-/m1/s1. The number of amides is 1. The third-order valence-corrected chi connectivity index (χ3v) is 5.27. The molecule has 0 spiro atoms. The van der Waals surface area contributed by atoms with Crippen molar-refractivity contribution in [2.75, 3.05) is 26.8 Å². The van der Waals surface area contributed by atoms with Gasteiger partial charge in [-0.05, 0) is 37.0 Å². The van der Waals surface area contributed by atoms with Crippen LogP contribution in [-0.2, 0) is 26.0 Å². The molecule has 1 saturated heterocycles. The fraction of sp³-hybridized carbons (Fsp3) is 0.562. The zero-order valence-electron chi connectivity index (χ0n) is 14.0. The van der Waals surface area contributed by atoms with Crippen LogP contribution < -0.4 is 14.8 Å². The Balaban J connectivity index is 2.10. The van der Waals surface area contributed by atoms with Crippen LogP contribution >= 0.6 is 0 Å². The van der Waals surface area contributed by atoms with Crippen LogP contribution in [0.3, 0.4) is 0 Å². The van der Waals surface area contributed by atoms with E-state index in [9.17, 15) is 13.2 Å². The lowest BCUT2D eigenvalue weighted by molar-refractivity contribution is -0.118. The Bertz CT molecular complexity index is 669. The van der Waals surface area contributed by atoms with Gasteiger partial charge in [0.2, 0.25) is 15.9 Å². The lowest BCUT2D eigenvalue weighted by atomic mass is 10.1. The van der Waals surface area contributed by atoms with Gasteiger partial charge in [0, 0.05) is 26.6 Å². The molecule has 1 aliphatic heterocycles. The van der Waals surface area contributed by atoms with Gasteiger partial charge >= 0.3 is 0 Å². The van der Waals surface area contributed by atoms with E-state index in [1.54, 1.807) is 18.2 Å². The Morgan fingerprint density at radius 2 is 2.21 bits per heavy atom. The molecule has 0 saturated carbocycles. The van der Waals surface area contributed by atoms with E-state index in [4.69, 9.17) is 9.47 Å². The monoisotopic (exact) mass is 356 g/mol. The first kappa shape index (κ1) is 18.7. The van der Waals surface area contributed by atoms with Gasteiger partial charge in [-0.25, -0.2) is 13.1 Å². The minimum atomic E-state index is -3.70. The summed E-state index contributed by atoms with van der Waals surface area (Å²) in [5, 5.41) is 2.69. The second-order valence-electron chi connectivity index (χ2n) is 5.71. The van der Waals surface area contributed by atoms with E-state index in [-0.39, 0.29) is 29.2 Å². The molecule has 1 amide bonds. The summed E-state index contributed by atoms with van der Waals surface area (Å²) >= 11 is 0. The summed E-state index contributed by atoms with van der Waals surface area (Å²) in [4.78, 5) is 11.0. The number of rotatable bonds is 8. The Kier molecular flexibility index (Phi) is 6.59.